The molecule has 0 unspecified atom stereocenters. The molecule has 0 spiro atoms. The molecular formula is C15H16FNOS. The van der Waals surface area contributed by atoms with Crippen molar-refractivity contribution in [2.75, 3.05) is 13.6 Å². The first kappa shape index (κ1) is 13.9. The summed E-state index contributed by atoms with van der Waals surface area (Å²) < 4.78 is 12.8. The fraction of sp³-hybridized carbons (Fsp3) is 0.267. The number of hydrogen-bond donors (Lipinski definition) is 0. The van der Waals surface area contributed by atoms with Crippen LogP contribution >= 0.6 is 11.3 Å². The van der Waals surface area contributed by atoms with E-state index < -0.39 is 0 Å². The molecule has 0 aliphatic carbocycles. The van der Waals surface area contributed by atoms with E-state index in [0.717, 1.165) is 12.1 Å². The molecule has 0 saturated heterocycles. The molecular weight excluding hydrogens is 261 g/mol. The van der Waals surface area contributed by atoms with E-state index in [0.29, 0.717) is 13.0 Å². The Morgan fingerprint density at radius 1 is 1.21 bits per heavy atom. The standard InChI is InChI=1S/C15H16FNOS/c1-17(9-13-6-7-19-11-13)10-15(18)8-12-2-4-14(16)5-3-12/h2-7,11H,8-10H2,1H3. The summed E-state index contributed by atoms with van der Waals surface area (Å²) in [6, 6.07) is 8.15. The van der Waals surface area contributed by atoms with Crippen molar-refractivity contribution in [1.29, 1.82) is 0 Å². The summed E-state index contributed by atoms with van der Waals surface area (Å²) >= 11 is 1.66. The zero-order valence-electron chi connectivity index (χ0n) is 10.8. The number of rotatable bonds is 6. The average molecular weight is 277 g/mol. The minimum absolute atomic E-state index is 0.143. The lowest BCUT2D eigenvalue weighted by atomic mass is 10.1. The van der Waals surface area contributed by atoms with Gasteiger partial charge in [0.2, 0.25) is 0 Å². The quantitative estimate of drug-likeness (QED) is 0.808. The van der Waals surface area contributed by atoms with Crippen molar-refractivity contribution >= 4 is 17.1 Å². The van der Waals surface area contributed by atoms with Crippen molar-refractivity contribution in [3.8, 4) is 0 Å². The molecule has 0 N–H and O–H groups in total. The maximum absolute atomic E-state index is 12.8. The van der Waals surface area contributed by atoms with Gasteiger partial charge in [-0.05, 0) is 47.1 Å². The zero-order valence-corrected chi connectivity index (χ0v) is 11.6. The first-order valence-corrected chi connectivity index (χ1v) is 7.03. The summed E-state index contributed by atoms with van der Waals surface area (Å²) in [5.74, 6) is -0.130. The smallest absolute Gasteiger partial charge is 0.151 e. The van der Waals surface area contributed by atoms with Crippen molar-refractivity contribution in [3.63, 3.8) is 0 Å². The van der Waals surface area contributed by atoms with Crippen LogP contribution in [0.1, 0.15) is 11.1 Å². The Bertz CT molecular complexity index is 522. The number of hydrogen-bond acceptors (Lipinski definition) is 3. The van der Waals surface area contributed by atoms with Crippen molar-refractivity contribution in [2.45, 2.75) is 13.0 Å². The summed E-state index contributed by atoms with van der Waals surface area (Å²) in [6.45, 7) is 1.19. The van der Waals surface area contributed by atoms with E-state index in [-0.39, 0.29) is 11.6 Å². The van der Waals surface area contributed by atoms with Crippen molar-refractivity contribution in [3.05, 3.63) is 58.0 Å². The molecule has 19 heavy (non-hydrogen) atoms. The third-order valence-electron chi connectivity index (χ3n) is 2.79. The van der Waals surface area contributed by atoms with Gasteiger partial charge in [-0.1, -0.05) is 12.1 Å². The number of carbonyl (C=O) groups is 1. The van der Waals surface area contributed by atoms with Gasteiger partial charge in [0.25, 0.3) is 0 Å². The largest absolute Gasteiger partial charge is 0.298 e. The lowest BCUT2D eigenvalue weighted by Gasteiger charge is -2.14. The van der Waals surface area contributed by atoms with Crippen LogP contribution in [0, 0.1) is 5.82 Å². The SMILES string of the molecule is CN(CC(=O)Cc1ccc(F)cc1)Cc1ccsc1. The lowest BCUT2D eigenvalue weighted by molar-refractivity contribution is -0.119. The predicted molar refractivity (Wildman–Crippen MR) is 75.8 cm³/mol. The van der Waals surface area contributed by atoms with Gasteiger partial charge in [0.05, 0.1) is 6.54 Å². The summed E-state index contributed by atoms with van der Waals surface area (Å²) in [6.07, 6.45) is 0.355. The molecule has 0 amide bonds. The van der Waals surface area contributed by atoms with Crippen LogP contribution in [0.3, 0.4) is 0 Å². The molecule has 0 fully saturated rings. The molecule has 2 nitrogen and oxygen atoms in total. The Kier molecular flexibility index (Phi) is 4.82. The minimum atomic E-state index is -0.272. The molecule has 4 heteroatoms. The summed E-state index contributed by atoms with van der Waals surface area (Å²) in [7, 11) is 1.93. The number of nitrogens with zero attached hydrogens (tertiary/aromatic N) is 1. The van der Waals surface area contributed by atoms with Crippen LogP contribution in [-0.4, -0.2) is 24.3 Å². The van der Waals surface area contributed by atoms with Crippen molar-refractivity contribution in [2.24, 2.45) is 0 Å². The number of ketones is 1. The van der Waals surface area contributed by atoms with E-state index in [2.05, 4.69) is 11.4 Å². The highest BCUT2D eigenvalue weighted by Gasteiger charge is 2.08. The molecule has 0 aliphatic heterocycles. The fourth-order valence-electron chi connectivity index (χ4n) is 1.94. The molecule has 1 heterocycles. The van der Waals surface area contributed by atoms with Crippen LogP contribution in [0.5, 0.6) is 0 Å². The van der Waals surface area contributed by atoms with Crippen LogP contribution in [-0.2, 0) is 17.8 Å². The van der Waals surface area contributed by atoms with Gasteiger partial charge in [0.1, 0.15) is 5.82 Å². The van der Waals surface area contributed by atoms with Crippen LogP contribution in [0.4, 0.5) is 4.39 Å². The lowest BCUT2D eigenvalue weighted by Crippen LogP contribution is -2.26. The van der Waals surface area contributed by atoms with Gasteiger partial charge in [0.15, 0.2) is 5.78 Å². The average Bonchev–Trinajstić information content (AvgIpc) is 2.84. The molecule has 0 saturated carbocycles. The van der Waals surface area contributed by atoms with Gasteiger partial charge in [-0.15, -0.1) is 0 Å². The Hall–Kier alpha value is -1.52. The number of benzene rings is 1. The monoisotopic (exact) mass is 277 g/mol. The molecule has 1 aromatic heterocycles. The molecule has 2 rings (SSSR count). The van der Waals surface area contributed by atoms with E-state index in [1.807, 2.05) is 17.3 Å². The Labute approximate surface area is 116 Å². The Balaban J connectivity index is 1.82. The van der Waals surface area contributed by atoms with Gasteiger partial charge in [-0.25, -0.2) is 4.39 Å². The second kappa shape index (κ2) is 6.59. The van der Waals surface area contributed by atoms with Gasteiger partial charge < -0.3 is 0 Å². The number of Topliss-reactive ketones (excluding diaryl/α,β-unsaturated/α-hetero) is 1. The van der Waals surface area contributed by atoms with Gasteiger partial charge in [0, 0.05) is 13.0 Å². The van der Waals surface area contributed by atoms with Gasteiger partial charge >= 0.3 is 0 Å². The number of carbonyl (C=O) groups excluding carboxylic acids is 1. The van der Waals surface area contributed by atoms with E-state index in [1.165, 1.54) is 17.7 Å². The third-order valence-corrected chi connectivity index (χ3v) is 3.53. The Morgan fingerprint density at radius 3 is 2.58 bits per heavy atom. The molecule has 2 aromatic rings. The highest BCUT2D eigenvalue weighted by molar-refractivity contribution is 7.07. The van der Waals surface area contributed by atoms with Crippen LogP contribution in [0.25, 0.3) is 0 Å². The fourth-order valence-corrected chi connectivity index (χ4v) is 2.60. The van der Waals surface area contributed by atoms with Gasteiger partial charge in [-0.2, -0.15) is 11.3 Å². The maximum Gasteiger partial charge on any atom is 0.151 e. The minimum Gasteiger partial charge on any atom is -0.298 e. The molecule has 0 atom stereocenters. The highest BCUT2D eigenvalue weighted by Crippen LogP contribution is 2.09. The van der Waals surface area contributed by atoms with E-state index >= 15 is 0 Å². The third kappa shape index (κ3) is 4.58. The first-order valence-electron chi connectivity index (χ1n) is 6.09. The van der Waals surface area contributed by atoms with Gasteiger partial charge in [-0.3, -0.25) is 9.69 Å². The molecule has 0 bridgehead atoms. The number of halogens is 1. The maximum atomic E-state index is 12.8. The van der Waals surface area contributed by atoms with E-state index in [1.54, 1.807) is 23.5 Å². The normalized spacial score (nSPS) is 10.9. The number of thiophene rings is 1. The van der Waals surface area contributed by atoms with E-state index in [9.17, 15) is 9.18 Å². The molecule has 0 aliphatic rings. The molecule has 0 radical (unpaired) electrons. The van der Waals surface area contributed by atoms with Crippen molar-refractivity contribution < 1.29 is 9.18 Å². The van der Waals surface area contributed by atoms with Crippen LogP contribution in [0.2, 0.25) is 0 Å². The Morgan fingerprint density at radius 2 is 1.95 bits per heavy atom. The summed E-state index contributed by atoms with van der Waals surface area (Å²) in [4.78, 5) is 13.9. The van der Waals surface area contributed by atoms with E-state index in [4.69, 9.17) is 0 Å². The topological polar surface area (TPSA) is 20.3 Å². The first-order chi connectivity index (χ1) is 9.13. The summed E-state index contributed by atoms with van der Waals surface area (Å²) in [5.41, 5.74) is 2.08. The number of likely N-dealkylation sites (N-methyl/N-ethyl adjacent to an activating group) is 1. The molecule has 100 valence electrons. The van der Waals surface area contributed by atoms with Crippen LogP contribution < -0.4 is 0 Å². The zero-order chi connectivity index (χ0) is 13.7. The van der Waals surface area contributed by atoms with Crippen LogP contribution in [0.15, 0.2) is 41.1 Å². The summed E-state index contributed by atoms with van der Waals surface area (Å²) in [5, 5.41) is 4.12. The molecule has 1 aromatic carbocycles. The predicted octanol–water partition coefficient (Wildman–Crippen LogP) is 3.13. The second-order valence-electron chi connectivity index (χ2n) is 4.65. The second-order valence-corrected chi connectivity index (χ2v) is 5.43. The highest BCUT2D eigenvalue weighted by atomic mass is 32.1. The van der Waals surface area contributed by atoms with Crippen molar-refractivity contribution in [1.82, 2.24) is 4.90 Å².